The van der Waals surface area contributed by atoms with Crippen molar-refractivity contribution < 1.29 is 13.9 Å². The molecule has 0 saturated carbocycles. The molecule has 0 N–H and O–H groups in total. The second-order valence-electron chi connectivity index (χ2n) is 5.27. The van der Waals surface area contributed by atoms with Crippen molar-refractivity contribution in [2.45, 2.75) is 20.8 Å². The van der Waals surface area contributed by atoms with Crippen LogP contribution in [0.2, 0.25) is 0 Å². The molecular formula is C17H15NO4. The Kier molecular flexibility index (Phi) is 3.20. The summed E-state index contributed by atoms with van der Waals surface area (Å²) in [5, 5.41) is 0. The first kappa shape index (κ1) is 14.3. The van der Waals surface area contributed by atoms with Gasteiger partial charge in [-0.05, 0) is 44.5 Å². The van der Waals surface area contributed by atoms with E-state index in [1.807, 2.05) is 6.92 Å². The number of hydrogen-bond acceptors (Lipinski definition) is 5. The van der Waals surface area contributed by atoms with Gasteiger partial charge in [0.2, 0.25) is 0 Å². The highest BCUT2D eigenvalue weighted by molar-refractivity contribution is 5.93. The van der Waals surface area contributed by atoms with Crippen LogP contribution in [0.25, 0.3) is 22.6 Å². The molecule has 0 fully saturated rings. The van der Waals surface area contributed by atoms with Crippen LogP contribution < -0.4 is 5.43 Å². The maximum absolute atomic E-state index is 12.2. The summed E-state index contributed by atoms with van der Waals surface area (Å²) in [5.41, 5.74) is 4.10. The van der Waals surface area contributed by atoms with Crippen molar-refractivity contribution in [2.24, 2.45) is 0 Å². The van der Waals surface area contributed by atoms with Gasteiger partial charge in [-0.15, -0.1) is 0 Å². The summed E-state index contributed by atoms with van der Waals surface area (Å²) in [4.78, 5) is 28.4. The van der Waals surface area contributed by atoms with Gasteiger partial charge in [-0.2, -0.15) is 0 Å². The summed E-state index contributed by atoms with van der Waals surface area (Å²) in [6.45, 7) is 5.37. The second kappa shape index (κ2) is 4.94. The maximum Gasteiger partial charge on any atom is 0.337 e. The molecule has 0 radical (unpaired) electrons. The van der Waals surface area contributed by atoms with Gasteiger partial charge in [-0.25, -0.2) is 9.78 Å². The first-order valence-corrected chi connectivity index (χ1v) is 6.86. The molecular weight excluding hydrogens is 282 g/mol. The molecule has 1 aromatic rings. The maximum atomic E-state index is 12.2. The van der Waals surface area contributed by atoms with Gasteiger partial charge in [0.1, 0.15) is 11.2 Å². The smallest absolute Gasteiger partial charge is 0.337 e. The normalized spacial score (nSPS) is 11.1. The molecule has 5 heteroatoms. The van der Waals surface area contributed by atoms with Crippen LogP contribution >= 0.6 is 0 Å². The van der Waals surface area contributed by atoms with Crippen LogP contribution in [-0.2, 0) is 4.74 Å². The SMILES string of the molecule is COC(=O)c1ccc2nc3c(C)c(C)c(=O)c(C)c-3oc2c1. The van der Waals surface area contributed by atoms with Gasteiger partial charge in [0.25, 0.3) is 0 Å². The van der Waals surface area contributed by atoms with E-state index in [0.29, 0.717) is 39.2 Å². The van der Waals surface area contributed by atoms with E-state index in [1.165, 1.54) is 7.11 Å². The van der Waals surface area contributed by atoms with Crippen molar-refractivity contribution in [1.82, 2.24) is 4.98 Å². The fourth-order valence-corrected chi connectivity index (χ4v) is 2.50. The third-order valence-electron chi connectivity index (χ3n) is 3.98. The van der Waals surface area contributed by atoms with Crippen LogP contribution in [0.3, 0.4) is 0 Å². The lowest BCUT2D eigenvalue weighted by Crippen LogP contribution is -2.14. The first-order valence-electron chi connectivity index (χ1n) is 6.86. The molecule has 1 aromatic carbocycles. The van der Waals surface area contributed by atoms with Crippen LogP contribution in [-0.4, -0.2) is 18.1 Å². The van der Waals surface area contributed by atoms with Gasteiger partial charge >= 0.3 is 5.97 Å². The third kappa shape index (κ3) is 1.97. The number of ether oxygens (including phenoxy) is 1. The number of fused-ring (bicyclic) bond motifs is 2. The molecule has 5 nitrogen and oxygen atoms in total. The van der Waals surface area contributed by atoms with E-state index in [0.717, 1.165) is 5.56 Å². The van der Waals surface area contributed by atoms with Crippen molar-refractivity contribution in [3.63, 3.8) is 0 Å². The number of nitrogens with zero attached hydrogens (tertiary/aromatic N) is 1. The summed E-state index contributed by atoms with van der Waals surface area (Å²) in [6, 6.07) is 4.92. The highest BCUT2D eigenvalue weighted by Crippen LogP contribution is 2.30. The van der Waals surface area contributed by atoms with E-state index in [2.05, 4.69) is 4.98 Å². The molecule has 22 heavy (non-hydrogen) atoms. The van der Waals surface area contributed by atoms with Gasteiger partial charge < -0.3 is 9.15 Å². The number of esters is 1. The van der Waals surface area contributed by atoms with Crippen molar-refractivity contribution >= 4 is 17.1 Å². The average Bonchev–Trinajstić information content (AvgIpc) is 2.55. The minimum atomic E-state index is -0.446. The molecule has 1 heterocycles. The monoisotopic (exact) mass is 297 g/mol. The molecule has 3 rings (SSSR count). The van der Waals surface area contributed by atoms with E-state index < -0.39 is 5.97 Å². The largest absolute Gasteiger partial charge is 0.465 e. The van der Waals surface area contributed by atoms with Crippen molar-refractivity contribution in [1.29, 1.82) is 0 Å². The number of carbonyl (C=O) groups is 1. The van der Waals surface area contributed by atoms with Crippen LogP contribution in [0.5, 0.6) is 0 Å². The average molecular weight is 297 g/mol. The predicted octanol–water partition coefficient (Wildman–Crippen LogP) is 3.00. The molecule has 0 spiro atoms. The summed E-state index contributed by atoms with van der Waals surface area (Å²) < 4.78 is 10.6. The molecule has 0 aromatic heterocycles. The molecule has 2 aliphatic rings. The van der Waals surface area contributed by atoms with Crippen molar-refractivity contribution in [3.05, 3.63) is 50.7 Å². The lowest BCUT2D eigenvalue weighted by atomic mass is 9.99. The van der Waals surface area contributed by atoms with Gasteiger partial charge in [-0.1, -0.05) is 0 Å². The van der Waals surface area contributed by atoms with E-state index in [1.54, 1.807) is 32.0 Å². The minimum absolute atomic E-state index is 0.0426. The highest BCUT2D eigenvalue weighted by Gasteiger charge is 2.20. The minimum Gasteiger partial charge on any atom is -0.465 e. The van der Waals surface area contributed by atoms with E-state index in [-0.39, 0.29) is 5.43 Å². The Labute approximate surface area is 126 Å². The molecule has 0 saturated heterocycles. The Morgan fingerprint density at radius 3 is 2.55 bits per heavy atom. The van der Waals surface area contributed by atoms with Crippen molar-refractivity contribution in [3.8, 4) is 11.5 Å². The summed E-state index contributed by atoms with van der Waals surface area (Å²) >= 11 is 0. The fraction of sp³-hybridized carbons (Fsp3) is 0.235. The third-order valence-corrected chi connectivity index (χ3v) is 3.98. The number of hydrogen-bond donors (Lipinski definition) is 0. The van der Waals surface area contributed by atoms with Gasteiger partial charge in [0, 0.05) is 11.1 Å². The number of aromatic nitrogens is 1. The summed E-state index contributed by atoms with van der Waals surface area (Å²) in [5.74, 6) is 0.0149. The molecule has 0 bridgehead atoms. The summed E-state index contributed by atoms with van der Waals surface area (Å²) in [6.07, 6.45) is 0. The zero-order chi connectivity index (χ0) is 16.0. The Hall–Kier alpha value is -2.69. The zero-order valence-corrected chi connectivity index (χ0v) is 12.8. The predicted molar refractivity (Wildman–Crippen MR) is 82.5 cm³/mol. The molecule has 112 valence electrons. The first-order chi connectivity index (χ1) is 10.4. The number of benzene rings is 2. The number of methoxy groups -OCH3 is 1. The van der Waals surface area contributed by atoms with Gasteiger partial charge in [0.05, 0.1) is 12.7 Å². The van der Waals surface area contributed by atoms with Crippen LogP contribution in [0.1, 0.15) is 27.0 Å². The van der Waals surface area contributed by atoms with E-state index >= 15 is 0 Å². The van der Waals surface area contributed by atoms with Crippen molar-refractivity contribution in [2.75, 3.05) is 7.11 Å². The van der Waals surface area contributed by atoms with E-state index in [9.17, 15) is 9.59 Å². The summed E-state index contributed by atoms with van der Waals surface area (Å²) in [7, 11) is 1.32. The number of carbonyl (C=O) groups excluding carboxylic acids is 1. The Balaban J connectivity index is 2.40. The number of rotatable bonds is 1. The van der Waals surface area contributed by atoms with Crippen LogP contribution in [0, 0.1) is 20.8 Å². The Morgan fingerprint density at radius 2 is 1.86 bits per heavy atom. The lowest BCUT2D eigenvalue weighted by molar-refractivity contribution is 0.0601. The van der Waals surface area contributed by atoms with Crippen LogP contribution in [0.15, 0.2) is 27.4 Å². The highest BCUT2D eigenvalue weighted by atomic mass is 16.5. The quantitative estimate of drug-likeness (QED) is 0.510. The lowest BCUT2D eigenvalue weighted by Gasteiger charge is -2.13. The topological polar surface area (TPSA) is 69.4 Å². The molecule has 0 unspecified atom stereocenters. The molecule has 1 aliphatic carbocycles. The fourth-order valence-electron chi connectivity index (χ4n) is 2.50. The molecule has 0 amide bonds. The van der Waals surface area contributed by atoms with Gasteiger partial charge in [0.15, 0.2) is 16.8 Å². The molecule has 0 atom stereocenters. The standard InChI is InChI=1S/C17H15NO4/c1-8-9(2)15(19)10(3)16-14(8)18-12-6-5-11(17(20)21-4)7-13(12)22-16/h5-7H,1-4H3. The Bertz CT molecular complexity index is 940. The zero-order valence-electron chi connectivity index (χ0n) is 12.8. The van der Waals surface area contributed by atoms with E-state index in [4.69, 9.17) is 9.15 Å². The molecule has 1 aliphatic heterocycles. The van der Waals surface area contributed by atoms with Gasteiger partial charge in [-0.3, -0.25) is 4.79 Å². The van der Waals surface area contributed by atoms with Crippen LogP contribution in [0.4, 0.5) is 0 Å². The second-order valence-corrected chi connectivity index (χ2v) is 5.27. The Morgan fingerprint density at radius 1 is 1.14 bits per heavy atom.